The number of hydrogen-bond donors (Lipinski definition) is 0. The van der Waals surface area contributed by atoms with E-state index in [1.807, 2.05) is 41.9 Å². The summed E-state index contributed by atoms with van der Waals surface area (Å²) in [5.74, 6) is 1.53. The van der Waals surface area contributed by atoms with Crippen LogP contribution in [0.3, 0.4) is 0 Å². The second kappa shape index (κ2) is 8.97. The molecule has 29 heavy (non-hydrogen) atoms. The van der Waals surface area contributed by atoms with E-state index >= 15 is 0 Å². The van der Waals surface area contributed by atoms with Gasteiger partial charge >= 0.3 is 0 Å². The van der Waals surface area contributed by atoms with Gasteiger partial charge in [0.25, 0.3) is 0 Å². The molecule has 2 aromatic heterocycles. The number of pyridine rings is 1. The van der Waals surface area contributed by atoms with Gasteiger partial charge in [0.2, 0.25) is 5.88 Å². The summed E-state index contributed by atoms with van der Waals surface area (Å²) in [6.07, 6.45) is 3.52. The molecule has 0 amide bonds. The standard InChI is InChI=1S/C22H19Br2N3O2/c1-2-28-21-14-19(15-7-9-25-10-8-15)26-27(21)11-12-29-20-6-3-16-13-17(23)4-5-18(16)22(20)24/h3-10,13-14H,2,11-12H2,1H3. The highest BCUT2D eigenvalue weighted by Crippen LogP contribution is 2.34. The Hall–Kier alpha value is -2.38. The molecule has 0 bridgehead atoms. The number of benzene rings is 2. The molecule has 0 aliphatic carbocycles. The predicted octanol–water partition coefficient (Wildman–Crippen LogP) is 6.10. The molecule has 4 rings (SSSR count). The Labute approximate surface area is 185 Å². The van der Waals surface area contributed by atoms with Crippen molar-refractivity contribution in [3.8, 4) is 22.9 Å². The SMILES string of the molecule is CCOc1cc(-c2ccncc2)nn1CCOc1ccc2cc(Br)ccc2c1Br. The van der Waals surface area contributed by atoms with Gasteiger partial charge in [0, 0.05) is 28.5 Å². The number of fused-ring (bicyclic) bond motifs is 1. The number of halogens is 2. The largest absolute Gasteiger partial charge is 0.490 e. The zero-order valence-corrected chi connectivity index (χ0v) is 19.0. The van der Waals surface area contributed by atoms with Crippen LogP contribution in [0, 0.1) is 0 Å². The fourth-order valence-electron chi connectivity index (χ4n) is 3.08. The van der Waals surface area contributed by atoms with Gasteiger partial charge in [-0.25, -0.2) is 4.68 Å². The van der Waals surface area contributed by atoms with Crippen LogP contribution in [0.25, 0.3) is 22.0 Å². The molecule has 2 heterocycles. The van der Waals surface area contributed by atoms with Gasteiger partial charge in [-0.15, -0.1) is 0 Å². The molecule has 148 valence electrons. The van der Waals surface area contributed by atoms with Crippen molar-refractivity contribution in [1.29, 1.82) is 0 Å². The zero-order chi connectivity index (χ0) is 20.2. The van der Waals surface area contributed by atoms with Gasteiger partial charge in [-0.2, -0.15) is 5.10 Å². The Morgan fingerprint density at radius 1 is 0.966 bits per heavy atom. The van der Waals surface area contributed by atoms with Crippen LogP contribution >= 0.6 is 31.9 Å². The van der Waals surface area contributed by atoms with Crippen LogP contribution in [0.2, 0.25) is 0 Å². The number of rotatable bonds is 7. The van der Waals surface area contributed by atoms with Crippen molar-refractivity contribution in [2.45, 2.75) is 13.5 Å². The van der Waals surface area contributed by atoms with E-state index in [0.29, 0.717) is 19.8 Å². The van der Waals surface area contributed by atoms with Crippen molar-refractivity contribution >= 4 is 42.6 Å². The van der Waals surface area contributed by atoms with E-state index in [0.717, 1.165) is 42.6 Å². The van der Waals surface area contributed by atoms with Crippen LogP contribution in [0.4, 0.5) is 0 Å². The Morgan fingerprint density at radius 2 is 1.79 bits per heavy atom. The molecule has 0 N–H and O–H groups in total. The molecule has 5 nitrogen and oxygen atoms in total. The number of nitrogens with zero attached hydrogens (tertiary/aromatic N) is 3. The average molecular weight is 517 g/mol. The van der Waals surface area contributed by atoms with E-state index in [-0.39, 0.29) is 0 Å². The van der Waals surface area contributed by atoms with E-state index in [2.05, 4.69) is 60.1 Å². The quantitative estimate of drug-likeness (QED) is 0.297. The predicted molar refractivity (Wildman–Crippen MR) is 121 cm³/mol. The van der Waals surface area contributed by atoms with E-state index in [1.165, 1.54) is 0 Å². The lowest BCUT2D eigenvalue weighted by atomic mass is 10.1. The smallest absolute Gasteiger partial charge is 0.212 e. The molecule has 4 aromatic rings. The Bertz CT molecular complexity index is 1130. The molecule has 2 aromatic carbocycles. The fraction of sp³-hybridized carbons (Fsp3) is 0.182. The Balaban J connectivity index is 1.50. The third-order valence-electron chi connectivity index (χ3n) is 4.45. The summed E-state index contributed by atoms with van der Waals surface area (Å²) in [5, 5.41) is 6.93. The highest BCUT2D eigenvalue weighted by molar-refractivity contribution is 9.11. The third kappa shape index (κ3) is 4.46. The van der Waals surface area contributed by atoms with E-state index in [9.17, 15) is 0 Å². The molecule has 0 radical (unpaired) electrons. The first-order valence-electron chi connectivity index (χ1n) is 9.27. The molecule has 0 atom stereocenters. The van der Waals surface area contributed by atoms with Crippen LogP contribution in [0.15, 0.2) is 69.9 Å². The molecule has 0 unspecified atom stereocenters. The summed E-state index contributed by atoms with van der Waals surface area (Å²) in [6.45, 7) is 3.59. The minimum absolute atomic E-state index is 0.470. The first-order chi connectivity index (χ1) is 14.2. The molecule has 0 aliphatic rings. The maximum Gasteiger partial charge on any atom is 0.212 e. The van der Waals surface area contributed by atoms with E-state index < -0.39 is 0 Å². The van der Waals surface area contributed by atoms with Gasteiger partial charge in [0.1, 0.15) is 12.4 Å². The average Bonchev–Trinajstić information content (AvgIpc) is 3.13. The monoisotopic (exact) mass is 515 g/mol. The van der Waals surface area contributed by atoms with Crippen LogP contribution < -0.4 is 9.47 Å². The molecule has 0 spiro atoms. The lowest BCUT2D eigenvalue weighted by molar-refractivity contribution is 0.259. The van der Waals surface area contributed by atoms with Gasteiger partial charge in [0.05, 0.1) is 23.3 Å². The zero-order valence-electron chi connectivity index (χ0n) is 15.8. The van der Waals surface area contributed by atoms with Crippen molar-refractivity contribution in [1.82, 2.24) is 14.8 Å². The number of aromatic nitrogens is 3. The highest BCUT2D eigenvalue weighted by atomic mass is 79.9. The molecule has 0 aliphatic heterocycles. The van der Waals surface area contributed by atoms with Gasteiger partial charge in [0.15, 0.2) is 0 Å². The van der Waals surface area contributed by atoms with Crippen molar-refractivity contribution in [2.24, 2.45) is 0 Å². The molecule has 0 saturated carbocycles. The van der Waals surface area contributed by atoms with Gasteiger partial charge < -0.3 is 9.47 Å². The first kappa shape index (κ1) is 19.9. The molecule has 0 fully saturated rings. The maximum absolute atomic E-state index is 6.04. The lowest BCUT2D eigenvalue weighted by Crippen LogP contribution is -2.11. The third-order valence-corrected chi connectivity index (χ3v) is 5.76. The topological polar surface area (TPSA) is 49.2 Å². The second-order valence-corrected chi connectivity index (χ2v) is 8.06. The van der Waals surface area contributed by atoms with Gasteiger partial charge in [-0.3, -0.25) is 4.98 Å². The molecular formula is C22H19Br2N3O2. The minimum atomic E-state index is 0.470. The minimum Gasteiger partial charge on any atom is -0.490 e. The number of ether oxygens (including phenoxy) is 2. The van der Waals surface area contributed by atoms with Crippen molar-refractivity contribution in [3.05, 3.63) is 69.9 Å². The maximum atomic E-state index is 6.04. The summed E-state index contributed by atoms with van der Waals surface area (Å²) >= 11 is 7.18. The summed E-state index contributed by atoms with van der Waals surface area (Å²) in [7, 11) is 0. The van der Waals surface area contributed by atoms with Gasteiger partial charge in [-0.1, -0.05) is 28.1 Å². The van der Waals surface area contributed by atoms with Crippen molar-refractivity contribution < 1.29 is 9.47 Å². The molecular weight excluding hydrogens is 498 g/mol. The van der Waals surface area contributed by atoms with Crippen LogP contribution in [0.5, 0.6) is 11.6 Å². The summed E-state index contributed by atoms with van der Waals surface area (Å²) in [5.41, 5.74) is 1.86. The van der Waals surface area contributed by atoms with E-state index in [1.54, 1.807) is 12.4 Å². The van der Waals surface area contributed by atoms with Crippen molar-refractivity contribution in [3.63, 3.8) is 0 Å². The van der Waals surface area contributed by atoms with Gasteiger partial charge in [-0.05, 0) is 64.0 Å². The molecule has 7 heteroatoms. The summed E-state index contributed by atoms with van der Waals surface area (Å²) < 4.78 is 15.6. The van der Waals surface area contributed by atoms with Crippen LogP contribution in [-0.2, 0) is 6.54 Å². The summed E-state index contributed by atoms with van der Waals surface area (Å²) in [6, 6.07) is 16.0. The van der Waals surface area contributed by atoms with Crippen LogP contribution in [-0.4, -0.2) is 28.0 Å². The normalized spacial score (nSPS) is 11.0. The lowest BCUT2D eigenvalue weighted by Gasteiger charge is -2.12. The highest BCUT2D eigenvalue weighted by Gasteiger charge is 2.12. The second-order valence-electron chi connectivity index (χ2n) is 6.35. The fourth-order valence-corrected chi connectivity index (χ4v) is 4.07. The van der Waals surface area contributed by atoms with Crippen molar-refractivity contribution in [2.75, 3.05) is 13.2 Å². The van der Waals surface area contributed by atoms with Crippen LogP contribution in [0.1, 0.15) is 6.92 Å². The summed E-state index contributed by atoms with van der Waals surface area (Å²) in [4.78, 5) is 4.06. The Kier molecular flexibility index (Phi) is 6.16. The first-order valence-corrected chi connectivity index (χ1v) is 10.9. The molecule has 0 saturated heterocycles. The number of hydrogen-bond acceptors (Lipinski definition) is 4. The Morgan fingerprint density at radius 3 is 2.59 bits per heavy atom. The van der Waals surface area contributed by atoms with E-state index in [4.69, 9.17) is 9.47 Å².